The highest BCUT2D eigenvalue weighted by Crippen LogP contribution is 2.38. The van der Waals surface area contributed by atoms with E-state index in [1.54, 1.807) is 0 Å². The molecule has 4 rings (SSSR count). The lowest BCUT2D eigenvalue weighted by molar-refractivity contribution is -0.113. The number of amides is 1. The molecule has 1 saturated heterocycles. The van der Waals surface area contributed by atoms with Crippen LogP contribution in [0.25, 0.3) is 0 Å². The fourth-order valence-electron chi connectivity index (χ4n) is 4.86. The number of nitrogens with zero attached hydrogens (tertiary/aromatic N) is 1. The van der Waals surface area contributed by atoms with E-state index < -0.39 is 20.8 Å². The first kappa shape index (κ1) is 18.0. The average Bonchev–Trinajstić information content (AvgIpc) is 3.23. The van der Waals surface area contributed by atoms with E-state index in [0.29, 0.717) is 13.0 Å². The third kappa shape index (κ3) is 3.41. The zero-order chi connectivity index (χ0) is 18.3. The van der Waals surface area contributed by atoms with Gasteiger partial charge in [-0.25, -0.2) is 8.42 Å². The van der Waals surface area contributed by atoms with Crippen molar-refractivity contribution in [2.75, 3.05) is 31.2 Å². The van der Waals surface area contributed by atoms with E-state index in [2.05, 4.69) is 11.4 Å². The topological polar surface area (TPSA) is 66.5 Å². The van der Waals surface area contributed by atoms with Gasteiger partial charge in [0.05, 0.1) is 5.25 Å². The standard InChI is InChI=1S/C20H28N2O3S/c1-22-10-4-7-16(12-22)26(24,25)13-19(23)21-20-17-8-2-5-14(17)11-15-6-3-9-18(15)20/h11,16H,2-10,12-13H2,1H3,(H,21,23). The van der Waals surface area contributed by atoms with Gasteiger partial charge < -0.3 is 10.2 Å². The molecule has 0 radical (unpaired) electrons. The Kier molecular flexibility index (Phi) is 4.82. The minimum absolute atomic E-state index is 0.368. The van der Waals surface area contributed by atoms with Crippen molar-refractivity contribution in [3.8, 4) is 0 Å². The van der Waals surface area contributed by atoms with E-state index >= 15 is 0 Å². The van der Waals surface area contributed by atoms with E-state index in [1.165, 1.54) is 22.3 Å². The summed E-state index contributed by atoms with van der Waals surface area (Å²) in [6, 6.07) is 2.31. The maximum absolute atomic E-state index is 12.7. The molecule has 1 heterocycles. The lowest BCUT2D eigenvalue weighted by Gasteiger charge is -2.29. The summed E-state index contributed by atoms with van der Waals surface area (Å²) in [5.41, 5.74) is 6.12. The number of carbonyl (C=O) groups is 1. The van der Waals surface area contributed by atoms with Crippen LogP contribution < -0.4 is 5.32 Å². The summed E-state index contributed by atoms with van der Waals surface area (Å²) in [7, 11) is -1.47. The summed E-state index contributed by atoms with van der Waals surface area (Å²) in [6.07, 6.45) is 7.88. The van der Waals surface area contributed by atoms with Crippen LogP contribution in [0.4, 0.5) is 5.69 Å². The average molecular weight is 377 g/mol. The van der Waals surface area contributed by atoms with Crippen LogP contribution in [-0.2, 0) is 40.3 Å². The second-order valence-electron chi connectivity index (χ2n) is 8.12. The quantitative estimate of drug-likeness (QED) is 0.874. The molecule has 6 heteroatoms. The zero-order valence-electron chi connectivity index (χ0n) is 15.5. The van der Waals surface area contributed by atoms with Crippen LogP contribution in [0.2, 0.25) is 0 Å². The number of likely N-dealkylation sites (tertiary alicyclic amines) is 1. The number of rotatable bonds is 4. The van der Waals surface area contributed by atoms with Crippen LogP contribution in [0, 0.1) is 0 Å². The SMILES string of the molecule is CN1CCCC(S(=O)(=O)CC(=O)Nc2c3c(cc4c2CCC4)CCC3)C1. The molecule has 1 atom stereocenters. The van der Waals surface area contributed by atoms with E-state index in [1.807, 2.05) is 11.9 Å². The normalized spacial score (nSPS) is 22.9. The van der Waals surface area contributed by atoms with Crippen molar-refractivity contribution in [2.24, 2.45) is 0 Å². The van der Waals surface area contributed by atoms with Gasteiger partial charge in [-0.05, 0) is 87.2 Å². The Labute approximate surface area is 156 Å². The number of aryl methyl sites for hydroxylation is 2. The number of carbonyl (C=O) groups excluding carboxylic acids is 1. The van der Waals surface area contributed by atoms with E-state index in [-0.39, 0.29) is 5.91 Å². The van der Waals surface area contributed by atoms with Crippen molar-refractivity contribution in [3.63, 3.8) is 0 Å². The Morgan fingerprint density at radius 2 is 1.77 bits per heavy atom. The molecule has 0 spiro atoms. The number of benzene rings is 1. The first-order valence-electron chi connectivity index (χ1n) is 9.80. The monoisotopic (exact) mass is 376 g/mol. The molecule has 1 unspecified atom stereocenters. The number of nitrogens with one attached hydrogen (secondary N) is 1. The predicted octanol–water partition coefficient (Wildman–Crippen LogP) is 2.11. The Morgan fingerprint density at radius 1 is 1.12 bits per heavy atom. The van der Waals surface area contributed by atoms with Crippen LogP contribution in [0.15, 0.2) is 6.07 Å². The Morgan fingerprint density at radius 3 is 2.38 bits per heavy atom. The van der Waals surface area contributed by atoms with Crippen LogP contribution in [0.5, 0.6) is 0 Å². The lowest BCUT2D eigenvalue weighted by atomic mass is 9.98. The number of hydrogen-bond acceptors (Lipinski definition) is 4. The number of hydrogen-bond donors (Lipinski definition) is 1. The smallest absolute Gasteiger partial charge is 0.239 e. The molecule has 1 amide bonds. The van der Waals surface area contributed by atoms with E-state index in [9.17, 15) is 13.2 Å². The van der Waals surface area contributed by atoms with Gasteiger partial charge in [0, 0.05) is 12.2 Å². The second kappa shape index (κ2) is 6.97. The summed E-state index contributed by atoms with van der Waals surface area (Å²) in [6.45, 7) is 1.46. The highest BCUT2D eigenvalue weighted by Gasteiger charge is 2.32. The maximum Gasteiger partial charge on any atom is 0.239 e. The highest BCUT2D eigenvalue weighted by molar-refractivity contribution is 7.92. The molecule has 1 aromatic carbocycles. The molecule has 0 bridgehead atoms. The predicted molar refractivity (Wildman–Crippen MR) is 103 cm³/mol. The molecule has 1 aliphatic heterocycles. The number of sulfone groups is 1. The fourth-order valence-corrected chi connectivity index (χ4v) is 6.54. The molecule has 1 N–H and O–H groups in total. The maximum atomic E-state index is 12.7. The minimum Gasteiger partial charge on any atom is -0.325 e. The molecular formula is C20H28N2O3S. The molecular weight excluding hydrogens is 348 g/mol. The third-order valence-electron chi connectivity index (χ3n) is 6.16. The molecule has 3 aliphatic rings. The number of fused-ring (bicyclic) bond motifs is 2. The van der Waals surface area contributed by atoms with Gasteiger partial charge in [0.25, 0.3) is 0 Å². The highest BCUT2D eigenvalue weighted by atomic mass is 32.2. The van der Waals surface area contributed by atoms with Gasteiger partial charge in [0.15, 0.2) is 9.84 Å². The summed E-state index contributed by atoms with van der Waals surface area (Å²) < 4.78 is 25.4. The fraction of sp³-hybridized carbons (Fsp3) is 0.650. The molecule has 2 aliphatic carbocycles. The van der Waals surface area contributed by atoms with Crippen molar-refractivity contribution in [1.29, 1.82) is 0 Å². The Balaban J connectivity index is 1.52. The molecule has 1 aromatic rings. The summed E-state index contributed by atoms with van der Waals surface area (Å²) in [5.74, 6) is -0.767. The zero-order valence-corrected chi connectivity index (χ0v) is 16.3. The lowest BCUT2D eigenvalue weighted by Crippen LogP contribution is -2.42. The van der Waals surface area contributed by atoms with Crippen LogP contribution >= 0.6 is 0 Å². The van der Waals surface area contributed by atoms with Gasteiger partial charge in [-0.1, -0.05) is 6.07 Å². The van der Waals surface area contributed by atoms with Gasteiger partial charge in [-0.2, -0.15) is 0 Å². The summed E-state index contributed by atoms with van der Waals surface area (Å²) in [4.78, 5) is 14.7. The van der Waals surface area contributed by atoms with Crippen molar-refractivity contribution in [1.82, 2.24) is 4.90 Å². The van der Waals surface area contributed by atoms with Crippen LogP contribution in [0.3, 0.4) is 0 Å². The van der Waals surface area contributed by atoms with Gasteiger partial charge in [0.2, 0.25) is 5.91 Å². The minimum atomic E-state index is -3.42. The molecule has 142 valence electrons. The molecule has 5 nitrogen and oxygen atoms in total. The molecule has 1 fully saturated rings. The van der Waals surface area contributed by atoms with Crippen LogP contribution in [-0.4, -0.2) is 50.4 Å². The first-order valence-corrected chi connectivity index (χ1v) is 11.5. The molecule has 0 saturated carbocycles. The summed E-state index contributed by atoms with van der Waals surface area (Å²) in [5, 5.41) is 2.60. The van der Waals surface area contributed by atoms with E-state index in [0.717, 1.165) is 57.2 Å². The Hall–Kier alpha value is -1.40. The van der Waals surface area contributed by atoms with Gasteiger partial charge in [-0.15, -0.1) is 0 Å². The second-order valence-corrected chi connectivity index (χ2v) is 10.4. The Bertz CT molecular complexity index is 800. The molecule has 0 aromatic heterocycles. The van der Waals surface area contributed by atoms with Crippen molar-refractivity contribution in [2.45, 2.75) is 56.6 Å². The van der Waals surface area contributed by atoms with Crippen molar-refractivity contribution >= 4 is 21.4 Å². The van der Waals surface area contributed by atoms with E-state index in [4.69, 9.17) is 0 Å². The van der Waals surface area contributed by atoms with Gasteiger partial charge in [0.1, 0.15) is 5.75 Å². The molecule has 26 heavy (non-hydrogen) atoms. The first-order chi connectivity index (χ1) is 12.4. The summed E-state index contributed by atoms with van der Waals surface area (Å²) >= 11 is 0. The third-order valence-corrected chi connectivity index (χ3v) is 8.22. The number of piperidine rings is 1. The van der Waals surface area contributed by atoms with Crippen molar-refractivity contribution in [3.05, 3.63) is 28.3 Å². The number of anilines is 1. The van der Waals surface area contributed by atoms with Gasteiger partial charge in [-0.3, -0.25) is 4.79 Å². The van der Waals surface area contributed by atoms with Crippen LogP contribution in [0.1, 0.15) is 47.9 Å². The van der Waals surface area contributed by atoms with Crippen molar-refractivity contribution < 1.29 is 13.2 Å². The largest absolute Gasteiger partial charge is 0.325 e. The van der Waals surface area contributed by atoms with Gasteiger partial charge >= 0.3 is 0 Å².